The van der Waals surface area contributed by atoms with E-state index < -0.39 is 0 Å². The number of nitrogens with two attached hydrogens (primary N) is 1. The smallest absolute Gasteiger partial charge is 0.260 e. The highest BCUT2D eigenvalue weighted by Gasteiger charge is 2.26. The van der Waals surface area contributed by atoms with Gasteiger partial charge in [-0.05, 0) is 49.4 Å². The van der Waals surface area contributed by atoms with Gasteiger partial charge in [0.15, 0.2) is 0 Å². The van der Waals surface area contributed by atoms with Crippen molar-refractivity contribution in [3.8, 4) is 0 Å². The lowest BCUT2D eigenvalue weighted by Gasteiger charge is -2.31. The molecule has 3 nitrogen and oxygen atoms in total. The maximum atomic E-state index is 13.0. The Morgan fingerprint density at radius 1 is 1.10 bits per heavy atom. The highest BCUT2D eigenvalue weighted by Crippen LogP contribution is 2.32. The summed E-state index contributed by atoms with van der Waals surface area (Å²) >= 11 is 0. The van der Waals surface area contributed by atoms with Crippen LogP contribution < -0.4 is 10.6 Å². The van der Waals surface area contributed by atoms with E-state index in [-0.39, 0.29) is 5.91 Å². The van der Waals surface area contributed by atoms with Crippen molar-refractivity contribution in [3.63, 3.8) is 0 Å². The lowest BCUT2D eigenvalue weighted by molar-refractivity contribution is 0.0985. The summed E-state index contributed by atoms with van der Waals surface area (Å²) in [5.74, 6) is 0.0147. The van der Waals surface area contributed by atoms with Crippen LogP contribution in [-0.4, -0.2) is 12.5 Å². The minimum Gasteiger partial charge on any atom is -0.398 e. The Labute approximate surface area is 125 Å². The second-order valence-corrected chi connectivity index (χ2v) is 5.68. The molecule has 2 N–H and O–H groups in total. The standard InChI is InChI=1S/C18H20N2O/c1-12-6-4-10-15(19)16(12)18(21)20-11-5-9-14-8-3-7-13(2)17(14)20/h3-4,6-8,10H,5,9,11,19H2,1-2H3. The average Bonchev–Trinajstić information content (AvgIpc) is 2.46. The number of amides is 1. The summed E-state index contributed by atoms with van der Waals surface area (Å²) in [4.78, 5) is 14.9. The molecule has 0 atom stereocenters. The second kappa shape index (κ2) is 5.24. The van der Waals surface area contributed by atoms with Crippen molar-refractivity contribution in [2.45, 2.75) is 26.7 Å². The van der Waals surface area contributed by atoms with Gasteiger partial charge in [-0.2, -0.15) is 0 Å². The molecule has 1 amide bonds. The molecule has 0 saturated carbocycles. The molecule has 0 saturated heterocycles. The van der Waals surface area contributed by atoms with Crippen LogP contribution in [-0.2, 0) is 6.42 Å². The molecule has 0 fully saturated rings. The zero-order valence-corrected chi connectivity index (χ0v) is 12.5. The monoisotopic (exact) mass is 280 g/mol. The van der Waals surface area contributed by atoms with E-state index >= 15 is 0 Å². The number of nitrogens with zero attached hydrogens (tertiary/aromatic N) is 1. The van der Waals surface area contributed by atoms with Gasteiger partial charge < -0.3 is 10.6 Å². The first-order valence-corrected chi connectivity index (χ1v) is 7.35. The molecule has 0 aromatic heterocycles. The molecule has 0 spiro atoms. The first-order valence-electron chi connectivity index (χ1n) is 7.35. The van der Waals surface area contributed by atoms with E-state index in [9.17, 15) is 4.79 Å². The van der Waals surface area contributed by atoms with Crippen molar-refractivity contribution < 1.29 is 4.79 Å². The molecule has 1 heterocycles. The average molecular weight is 280 g/mol. The first kappa shape index (κ1) is 13.7. The number of carbonyl (C=O) groups excluding carboxylic acids is 1. The summed E-state index contributed by atoms with van der Waals surface area (Å²) in [6.07, 6.45) is 2.03. The Hall–Kier alpha value is -2.29. The summed E-state index contributed by atoms with van der Waals surface area (Å²) in [5, 5.41) is 0. The van der Waals surface area contributed by atoms with Gasteiger partial charge in [0.25, 0.3) is 5.91 Å². The lowest BCUT2D eigenvalue weighted by Crippen LogP contribution is -2.36. The number of nitrogen functional groups attached to an aromatic ring is 1. The Morgan fingerprint density at radius 3 is 2.57 bits per heavy atom. The third-order valence-corrected chi connectivity index (χ3v) is 4.18. The highest BCUT2D eigenvalue weighted by atomic mass is 16.2. The summed E-state index contributed by atoms with van der Waals surface area (Å²) in [6, 6.07) is 11.9. The molecule has 21 heavy (non-hydrogen) atoms. The molecule has 3 rings (SSSR count). The lowest BCUT2D eigenvalue weighted by atomic mass is 9.96. The molecule has 0 aliphatic carbocycles. The molecule has 0 bridgehead atoms. The van der Waals surface area contributed by atoms with Gasteiger partial charge in [0.2, 0.25) is 0 Å². The minimum atomic E-state index is 0.0147. The van der Waals surface area contributed by atoms with Crippen LogP contribution in [0.5, 0.6) is 0 Å². The molecule has 3 heteroatoms. The number of carbonyl (C=O) groups is 1. The van der Waals surface area contributed by atoms with Gasteiger partial charge >= 0.3 is 0 Å². The fourth-order valence-electron chi connectivity index (χ4n) is 3.17. The van der Waals surface area contributed by atoms with Crippen LogP contribution in [0.2, 0.25) is 0 Å². The van der Waals surface area contributed by atoms with Crippen molar-refractivity contribution in [2.24, 2.45) is 0 Å². The quantitative estimate of drug-likeness (QED) is 0.813. The molecule has 108 valence electrons. The number of benzene rings is 2. The van der Waals surface area contributed by atoms with Gasteiger partial charge in [0.1, 0.15) is 0 Å². The Morgan fingerprint density at radius 2 is 1.81 bits per heavy atom. The Balaban J connectivity index is 2.09. The van der Waals surface area contributed by atoms with Crippen LogP contribution in [0.25, 0.3) is 0 Å². The van der Waals surface area contributed by atoms with E-state index in [4.69, 9.17) is 5.73 Å². The zero-order chi connectivity index (χ0) is 15.0. The summed E-state index contributed by atoms with van der Waals surface area (Å²) in [6.45, 7) is 4.75. The van der Waals surface area contributed by atoms with Gasteiger partial charge in [-0.25, -0.2) is 0 Å². The van der Waals surface area contributed by atoms with Crippen LogP contribution in [0.3, 0.4) is 0 Å². The summed E-state index contributed by atoms with van der Waals surface area (Å²) < 4.78 is 0. The van der Waals surface area contributed by atoms with Crippen LogP contribution >= 0.6 is 0 Å². The van der Waals surface area contributed by atoms with E-state index in [0.717, 1.165) is 36.2 Å². The SMILES string of the molecule is Cc1cccc(N)c1C(=O)N1CCCc2cccc(C)c21. The topological polar surface area (TPSA) is 46.3 Å². The molecule has 1 aliphatic heterocycles. The van der Waals surface area contributed by atoms with E-state index in [0.29, 0.717) is 11.3 Å². The second-order valence-electron chi connectivity index (χ2n) is 5.68. The van der Waals surface area contributed by atoms with Crippen LogP contribution in [0, 0.1) is 13.8 Å². The van der Waals surface area contributed by atoms with Gasteiger partial charge in [-0.3, -0.25) is 4.79 Å². The number of hydrogen-bond donors (Lipinski definition) is 1. The zero-order valence-electron chi connectivity index (χ0n) is 12.5. The maximum Gasteiger partial charge on any atom is 0.260 e. The molecular weight excluding hydrogens is 260 g/mol. The van der Waals surface area contributed by atoms with Crippen molar-refractivity contribution in [2.75, 3.05) is 17.2 Å². The van der Waals surface area contributed by atoms with Gasteiger partial charge in [-0.15, -0.1) is 0 Å². The largest absolute Gasteiger partial charge is 0.398 e. The van der Waals surface area contributed by atoms with Crippen molar-refractivity contribution in [1.29, 1.82) is 0 Å². The fraction of sp³-hybridized carbons (Fsp3) is 0.278. The molecule has 2 aromatic carbocycles. The van der Waals surface area contributed by atoms with Gasteiger partial charge in [0, 0.05) is 12.2 Å². The molecule has 2 aromatic rings. The first-order chi connectivity index (χ1) is 10.1. The fourth-order valence-corrected chi connectivity index (χ4v) is 3.17. The third kappa shape index (κ3) is 2.29. The number of para-hydroxylation sites is 1. The number of hydrogen-bond acceptors (Lipinski definition) is 2. The minimum absolute atomic E-state index is 0.0147. The Kier molecular flexibility index (Phi) is 3.42. The Bertz CT molecular complexity index is 686. The summed E-state index contributed by atoms with van der Waals surface area (Å²) in [5.41, 5.74) is 11.6. The van der Waals surface area contributed by atoms with Crippen LogP contribution in [0.1, 0.15) is 33.5 Å². The highest BCUT2D eigenvalue weighted by molar-refractivity contribution is 6.11. The van der Waals surface area contributed by atoms with Crippen molar-refractivity contribution >= 4 is 17.3 Å². The predicted octanol–water partition coefficient (Wildman–Crippen LogP) is 3.48. The maximum absolute atomic E-state index is 13.0. The van der Waals surface area contributed by atoms with Crippen LogP contribution in [0.15, 0.2) is 36.4 Å². The van der Waals surface area contributed by atoms with E-state index in [1.165, 1.54) is 5.56 Å². The van der Waals surface area contributed by atoms with Crippen molar-refractivity contribution in [1.82, 2.24) is 0 Å². The van der Waals surface area contributed by atoms with Crippen molar-refractivity contribution in [3.05, 3.63) is 58.7 Å². The normalized spacial score (nSPS) is 13.9. The predicted molar refractivity (Wildman–Crippen MR) is 86.8 cm³/mol. The molecule has 0 unspecified atom stereocenters. The molecule has 0 radical (unpaired) electrons. The molecule has 1 aliphatic rings. The number of rotatable bonds is 1. The molecular formula is C18H20N2O. The number of aryl methyl sites for hydroxylation is 3. The number of anilines is 2. The van der Waals surface area contributed by atoms with E-state index in [2.05, 4.69) is 25.1 Å². The number of fused-ring (bicyclic) bond motifs is 1. The van der Waals surface area contributed by atoms with Gasteiger partial charge in [-0.1, -0.05) is 30.3 Å². The summed E-state index contributed by atoms with van der Waals surface area (Å²) in [7, 11) is 0. The van der Waals surface area contributed by atoms with Gasteiger partial charge in [0.05, 0.1) is 11.3 Å². The van der Waals surface area contributed by atoms with E-state index in [1.54, 1.807) is 6.07 Å². The van der Waals surface area contributed by atoms with Crippen LogP contribution in [0.4, 0.5) is 11.4 Å². The van der Waals surface area contributed by atoms with E-state index in [1.807, 2.05) is 24.0 Å². The third-order valence-electron chi connectivity index (χ3n) is 4.18.